The third kappa shape index (κ3) is 5.81. The van der Waals surface area contributed by atoms with E-state index in [4.69, 9.17) is 0 Å². The van der Waals surface area contributed by atoms with Gasteiger partial charge in [-0.1, -0.05) is 70.5 Å². The third-order valence-corrected chi connectivity index (χ3v) is 6.02. The molecule has 4 rings (SSSR count). The molecule has 6 nitrogen and oxygen atoms in total. The molecule has 0 bridgehead atoms. The molecule has 32 heavy (non-hydrogen) atoms. The van der Waals surface area contributed by atoms with Crippen molar-refractivity contribution in [1.82, 2.24) is 19.6 Å². The summed E-state index contributed by atoms with van der Waals surface area (Å²) in [6.45, 7) is 3.74. The monoisotopic (exact) mass is 492 g/mol. The Morgan fingerprint density at radius 2 is 1.66 bits per heavy atom. The zero-order chi connectivity index (χ0) is 22.3. The van der Waals surface area contributed by atoms with E-state index in [1.165, 1.54) is 16.3 Å². The minimum Gasteiger partial charge on any atom is -0.339 e. The van der Waals surface area contributed by atoms with Gasteiger partial charge in [0.2, 0.25) is 5.91 Å². The van der Waals surface area contributed by atoms with Crippen LogP contribution in [0.1, 0.15) is 5.56 Å². The molecule has 1 fully saturated rings. The number of hydrogen-bond donors (Lipinski definition) is 0. The molecule has 0 atom stereocenters. The zero-order valence-corrected chi connectivity index (χ0v) is 19.3. The van der Waals surface area contributed by atoms with Crippen molar-refractivity contribution >= 4 is 27.9 Å². The predicted octanol–water partition coefficient (Wildman–Crippen LogP) is 3.53. The fourth-order valence-corrected chi connectivity index (χ4v) is 3.91. The highest BCUT2D eigenvalue weighted by molar-refractivity contribution is 9.10. The molecular formula is C25H25BrN4O2. The SMILES string of the molecule is O=C(Cn1nc(-c2ccc(Br)cc2)ccc1=O)N1CCN(C/C=C/c2ccccc2)CC1. The van der Waals surface area contributed by atoms with Gasteiger partial charge in [0.15, 0.2) is 0 Å². The van der Waals surface area contributed by atoms with Gasteiger partial charge < -0.3 is 4.90 Å². The number of carbonyl (C=O) groups excluding carboxylic acids is 1. The summed E-state index contributed by atoms with van der Waals surface area (Å²) in [4.78, 5) is 29.2. The smallest absolute Gasteiger partial charge is 0.267 e. The van der Waals surface area contributed by atoms with Gasteiger partial charge in [0.1, 0.15) is 6.54 Å². The number of rotatable bonds is 6. The van der Waals surface area contributed by atoms with Gasteiger partial charge in [-0.3, -0.25) is 14.5 Å². The first-order valence-electron chi connectivity index (χ1n) is 10.6. The zero-order valence-electron chi connectivity index (χ0n) is 17.7. The number of aromatic nitrogens is 2. The standard InChI is InChI=1S/C25H25BrN4O2/c26-22-10-8-21(9-11-22)23-12-13-24(31)30(27-23)19-25(32)29-17-15-28(16-18-29)14-4-7-20-5-2-1-3-6-20/h1-13H,14-19H2/b7-4+. The molecule has 1 amide bonds. The second-order valence-electron chi connectivity index (χ2n) is 7.72. The van der Waals surface area contributed by atoms with E-state index in [1.807, 2.05) is 47.4 Å². The maximum absolute atomic E-state index is 12.8. The molecule has 0 radical (unpaired) electrons. The van der Waals surface area contributed by atoms with Gasteiger partial charge in [0, 0.05) is 48.8 Å². The minimum atomic E-state index is -0.274. The minimum absolute atomic E-state index is 0.0445. The molecule has 2 heterocycles. The first-order valence-corrected chi connectivity index (χ1v) is 11.4. The summed E-state index contributed by atoms with van der Waals surface area (Å²) in [6, 6.07) is 21.1. The first-order chi connectivity index (χ1) is 15.6. The summed E-state index contributed by atoms with van der Waals surface area (Å²) in [5, 5.41) is 4.41. The van der Waals surface area contributed by atoms with Crippen LogP contribution in [0.15, 0.2) is 82.1 Å². The summed E-state index contributed by atoms with van der Waals surface area (Å²) >= 11 is 3.42. The van der Waals surface area contributed by atoms with Gasteiger partial charge >= 0.3 is 0 Å². The lowest BCUT2D eigenvalue weighted by Crippen LogP contribution is -2.50. The Balaban J connectivity index is 1.32. The molecule has 1 aliphatic heterocycles. The van der Waals surface area contributed by atoms with E-state index in [9.17, 15) is 9.59 Å². The van der Waals surface area contributed by atoms with Crippen molar-refractivity contribution in [3.8, 4) is 11.3 Å². The average Bonchev–Trinajstić information content (AvgIpc) is 2.82. The molecule has 164 valence electrons. The molecule has 0 spiro atoms. The predicted molar refractivity (Wildman–Crippen MR) is 130 cm³/mol. The summed E-state index contributed by atoms with van der Waals surface area (Å²) < 4.78 is 2.23. The van der Waals surface area contributed by atoms with E-state index in [2.05, 4.69) is 50.2 Å². The van der Waals surface area contributed by atoms with E-state index >= 15 is 0 Å². The fourth-order valence-electron chi connectivity index (χ4n) is 3.65. The van der Waals surface area contributed by atoms with Crippen LogP contribution in [0, 0.1) is 0 Å². The normalized spacial score (nSPS) is 14.7. The molecule has 1 aliphatic rings. The third-order valence-electron chi connectivity index (χ3n) is 5.49. The number of piperazine rings is 1. The average molecular weight is 493 g/mol. The Morgan fingerprint density at radius 3 is 2.38 bits per heavy atom. The quantitative estimate of drug-likeness (QED) is 0.528. The molecule has 0 unspecified atom stereocenters. The maximum atomic E-state index is 12.8. The molecule has 3 aromatic rings. The highest BCUT2D eigenvalue weighted by Crippen LogP contribution is 2.18. The lowest BCUT2D eigenvalue weighted by atomic mass is 10.1. The largest absolute Gasteiger partial charge is 0.339 e. The highest BCUT2D eigenvalue weighted by atomic mass is 79.9. The number of halogens is 1. The second kappa shape index (κ2) is 10.5. The van der Waals surface area contributed by atoms with E-state index in [-0.39, 0.29) is 18.0 Å². The van der Waals surface area contributed by atoms with Gasteiger partial charge in [-0.2, -0.15) is 5.10 Å². The van der Waals surface area contributed by atoms with Crippen LogP contribution in [0.5, 0.6) is 0 Å². The van der Waals surface area contributed by atoms with Crippen molar-refractivity contribution < 1.29 is 4.79 Å². The van der Waals surface area contributed by atoms with Crippen molar-refractivity contribution in [2.24, 2.45) is 0 Å². The molecule has 0 N–H and O–H groups in total. The van der Waals surface area contributed by atoms with Crippen molar-refractivity contribution in [3.05, 3.63) is 93.2 Å². The second-order valence-corrected chi connectivity index (χ2v) is 8.63. The highest BCUT2D eigenvalue weighted by Gasteiger charge is 2.21. The van der Waals surface area contributed by atoms with Crippen LogP contribution in [0.2, 0.25) is 0 Å². The van der Waals surface area contributed by atoms with Crippen LogP contribution in [0.3, 0.4) is 0 Å². The Labute approximate surface area is 195 Å². The van der Waals surface area contributed by atoms with Crippen LogP contribution in [0.25, 0.3) is 17.3 Å². The van der Waals surface area contributed by atoms with Crippen LogP contribution < -0.4 is 5.56 Å². The molecule has 1 saturated heterocycles. The van der Waals surface area contributed by atoms with Crippen molar-refractivity contribution in [2.45, 2.75) is 6.54 Å². The van der Waals surface area contributed by atoms with Crippen LogP contribution in [0.4, 0.5) is 0 Å². The van der Waals surface area contributed by atoms with Gasteiger partial charge in [-0.05, 0) is 23.8 Å². The Morgan fingerprint density at radius 1 is 0.938 bits per heavy atom. The summed E-state index contributed by atoms with van der Waals surface area (Å²) in [5.41, 5.74) is 2.47. The summed E-state index contributed by atoms with van der Waals surface area (Å²) in [5.74, 6) is -0.0768. The van der Waals surface area contributed by atoms with Gasteiger partial charge in [-0.15, -0.1) is 0 Å². The van der Waals surface area contributed by atoms with Crippen LogP contribution in [-0.2, 0) is 11.3 Å². The van der Waals surface area contributed by atoms with E-state index < -0.39 is 0 Å². The molecule has 0 saturated carbocycles. The number of hydrogen-bond acceptors (Lipinski definition) is 4. The van der Waals surface area contributed by atoms with E-state index in [0.29, 0.717) is 18.8 Å². The van der Waals surface area contributed by atoms with Crippen molar-refractivity contribution in [3.63, 3.8) is 0 Å². The van der Waals surface area contributed by atoms with Gasteiger partial charge in [0.05, 0.1) is 5.69 Å². The topological polar surface area (TPSA) is 58.4 Å². The number of amides is 1. The summed E-state index contributed by atoms with van der Waals surface area (Å²) in [7, 11) is 0. The number of benzene rings is 2. The lowest BCUT2D eigenvalue weighted by Gasteiger charge is -2.34. The number of nitrogens with zero attached hydrogens (tertiary/aromatic N) is 4. The Kier molecular flexibility index (Phi) is 7.29. The van der Waals surface area contributed by atoms with Crippen LogP contribution in [-0.4, -0.2) is 58.2 Å². The molecule has 2 aromatic carbocycles. The Bertz CT molecular complexity index is 1130. The lowest BCUT2D eigenvalue weighted by molar-refractivity contribution is -0.133. The summed E-state index contributed by atoms with van der Waals surface area (Å²) in [6.07, 6.45) is 4.28. The Hall–Kier alpha value is -3.03. The molecular weight excluding hydrogens is 468 g/mol. The fraction of sp³-hybridized carbons (Fsp3) is 0.240. The van der Waals surface area contributed by atoms with Gasteiger partial charge in [0.25, 0.3) is 5.56 Å². The maximum Gasteiger partial charge on any atom is 0.267 e. The van der Waals surface area contributed by atoms with Gasteiger partial charge in [-0.25, -0.2) is 4.68 Å². The number of carbonyl (C=O) groups is 1. The van der Waals surface area contributed by atoms with Crippen LogP contribution >= 0.6 is 15.9 Å². The molecule has 1 aromatic heterocycles. The first kappa shape index (κ1) is 22.2. The molecule has 7 heteroatoms. The van der Waals surface area contributed by atoms with Crippen molar-refractivity contribution in [2.75, 3.05) is 32.7 Å². The molecule has 0 aliphatic carbocycles. The van der Waals surface area contributed by atoms with Crippen molar-refractivity contribution in [1.29, 1.82) is 0 Å². The van der Waals surface area contributed by atoms with E-state index in [0.717, 1.165) is 29.7 Å². The van der Waals surface area contributed by atoms with E-state index in [1.54, 1.807) is 6.07 Å².